The second-order valence-electron chi connectivity index (χ2n) is 4.84. The minimum absolute atomic E-state index is 0.576. The van der Waals surface area contributed by atoms with Gasteiger partial charge in [0.1, 0.15) is 5.65 Å². The molecule has 0 amide bonds. The topological polar surface area (TPSA) is 38.6 Å². The molecule has 3 heterocycles. The lowest BCUT2D eigenvalue weighted by molar-refractivity contribution is 0.0775. The van der Waals surface area contributed by atoms with E-state index in [1.807, 2.05) is 18.2 Å². The molecular formula is C14H19N3O. The standard InChI is InChI=1S/C14H19N3O/c1-11-13(10-15-12-5-8-18-9-6-12)17-7-3-2-4-14(17)16-11/h2-4,7,12,15H,5-6,8-10H2,1H3. The van der Waals surface area contributed by atoms with E-state index in [0.717, 1.165) is 43.9 Å². The van der Waals surface area contributed by atoms with E-state index >= 15 is 0 Å². The zero-order valence-corrected chi connectivity index (χ0v) is 10.7. The average molecular weight is 245 g/mol. The molecule has 0 spiro atoms. The first kappa shape index (κ1) is 11.7. The van der Waals surface area contributed by atoms with Crippen molar-refractivity contribution in [1.82, 2.24) is 14.7 Å². The molecule has 96 valence electrons. The normalized spacial score (nSPS) is 17.4. The summed E-state index contributed by atoms with van der Waals surface area (Å²) in [5.74, 6) is 0. The van der Waals surface area contributed by atoms with Gasteiger partial charge in [-0.15, -0.1) is 0 Å². The van der Waals surface area contributed by atoms with Gasteiger partial charge in [-0.1, -0.05) is 6.07 Å². The molecule has 1 N–H and O–H groups in total. The van der Waals surface area contributed by atoms with Crippen LogP contribution in [-0.4, -0.2) is 28.6 Å². The van der Waals surface area contributed by atoms with Crippen molar-refractivity contribution in [3.8, 4) is 0 Å². The van der Waals surface area contributed by atoms with Crippen LogP contribution in [0.2, 0.25) is 0 Å². The third kappa shape index (κ3) is 2.26. The van der Waals surface area contributed by atoms with Gasteiger partial charge in [0, 0.05) is 32.0 Å². The number of hydrogen-bond acceptors (Lipinski definition) is 3. The van der Waals surface area contributed by atoms with Crippen LogP contribution in [0.15, 0.2) is 24.4 Å². The third-order valence-electron chi connectivity index (χ3n) is 3.61. The molecule has 0 radical (unpaired) electrons. The predicted molar refractivity (Wildman–Crippen MR) is 70.6 cm³/mol. The first-order chi connectivity index (χ1) is 8.84. The lowest BCUT2D eigenvalue weighted by Gasteiger charge is -2.23. The van der Waals surface area contributed by atoms with Crippen LogP contribution in [0.1, 0.15) is 24.2 Å². The zero-order chi connectivity index (χ0) is 12.4. The maximum absolute atomic E-state index is 5.37. The number of rotatable bonds is 3. The minimum atomic E-state index is 0.576. The van der Waals surface area contributed by atoms with Crippen LogP contribution in [-0.2, 0) is 11.3 Å². The van der Waals surface area contributed by atoms with Gasteiger partial charge in [0.25, 0.3) is 0 Å². The van der Waals surface area contributed by atoms with Gasteiger partial charge in [-0.3, -0.25) is 0 Å². The van der Waals surface area contributed by atoms with E-state index in [0.29, 0.717) is 6.04 Å². The van der Waals surface area contributed by atoms with Crippen LogP contribution in [0.4, 0.5) is 0 Å². The number of nitrogens with one attached hydrogen (secondary N) is 1. The van der Waals surface area contributed by atoms with E-state index in [-0.39, 0.29) is 0 Å². The summed E-state index contributed by atoms with van der Waals surface area (Å²) in [6.07, 6.45) is 4.29. The highest BCUT2D eigenvalue weighted by Gasteiger charge is 2.14. The van der Waals surface area contributed by atoms with Crippen molar-refractivity contribution in [2.75, 3.05) is 13.2 Å². The summed E-state index contributed by atoms with van der Waals surface area (Å²) >= 11 is 0. The molecule has 0 aromatic carbocycles. The van der Waals surface area contributed by atoms with Gasteiger partial charge in [-0.25, -0.2) is 4.98 Å². The Bertz CT molecular complexity index is 529. The molecule has 0 bridgehead atoms. The smallest absolute Gasteiger partial charge is 0.137 e. The number of aryl methyl sites for hydroxylation is 1. The molecule has 18 heavy (non-hydrogen) atoms. The fourth-order valence-electron chi connectivity index (χ4n) is 2.52. The summed E-state index contributed by atoms with van der Waals surface area (Å²) in [5, 5.41) is 3.62. The molecule has 1 saturated heterocycles. The molecule has 0 saturated carbocycles. The number of ether oxygens (including phenoxy) is 1. The van der Waals surface area contributed by atoms with E-state index in [1.165, 1.54) is 5.69 Å². The second-order valence-corrected chi connectivity index (χ2v) is 4.84. The maximum atomic E-state index is 5.37. The van der Waals surface area contributed by atoms with Gasteiger partial charge in [0.2, 0.25) is 0 Å². The molecule has 1 fully saturated rings. The lowest BCUT2D eigenvalue weighted by atomic mass is 10.1. The van der Waals surface area contributed by atoms with Crippen LogP contribution in [0.25, 0.3) is 5.65 Å². The molecule has 3 rings (SSSR count). The van der Waals surface area contributed by atoms with Crippen molar-refractivity contribution in [2.45, 2.75) is 32.4 Å². The number of fused-ring (bicyclic) bond motifs is 1. The van der Waals surface area contributed by atoms with Crippen molar-refractivity contribution in [3.63, 3.8) is 0 Å². The van der Waals surface area contributed by atoms with Gasteiger partial charge in [-0.2, -0.15) is 0 Å². The molecule has 1 aliphatic rings. The molecule has 2 aromatic rings. The third-order valence-corrected chi connectivity index (χ3v) is 3.61. The Morgan fingerprint density at radius 1 is 1.39 bits per heavy atom. The maximum Gasteiger partial charge on any atom is 0.137 e. The number of hydrogen-bond donors (Lipinski definition) is 1. The largest absolute Gasteiger partial charge is 0.381 e. The summed E-state index contributed by atoms with van der Waals surface area (Å²) in [6, 6.07) is 6.70. The van der Waals surface area contributed by atoms with Gasteiger partial charge in [0.05, 0.1) is 11.4 Å². The van der Waals surface area contributed by atoms with Crippen LogP contribution in [0, 0.1) is 6.92 Å². The van der Waals surface area contributed by atoms with Crippen molar-refractivity contribution >= 4 is 5.65 Å². The Kier molecular flexibility index (Phi) is 3.30. The molecule has 4 heteroatoms. The molecule has 0 atom stereocenters. The first-order valence-electron chi connectivity index (χ1n) is 6.58. The van der Waals surface area contributed by atoms with Crippen molar-refractivity contribution in [1.29, 1.82) is 0 Å². The fraction of sp³-hybridized carbons (Fsp3) is 0.500. The van der Waals surface area contributed by atoms with Gasteiger partial charge < -0.3 is 14.5 Å². The van der Waals surface area contributed by atoms with Crippen molar-refractivity contribution in [2.24, 2.45) is 0 Å². The Morgan fingerprint density at radius 3 is 3.06 bits per heavy atom. The Morgan fingerprint density at radius 2 is 2.22 bits per heavy atom. The molecule has 4 nitrogen and oxygen atoms in total. The second kappa shape index (κ2) is 5.08. The van der Waals surface area contributed by atoms with E-state index in [1.54, 1.807) is 0 Å². The highest BCUT2D eigenvalue weighted by atomic mass is 16.5. The van der Waals surface area contributed by atoms with E-state index in [9.17, 15) is 0 Å². The Balaban J connectivity index is 1.75. The fourth-order valence-corrected chi connectivity index (χ4v) is 2.52. The van der Waals surface area contributed by atoms with Crippen molar-refractivity contribution in [3.05, 3.63) is 35.8 Å². The van der Waals surface area contributed by atoms with Crippen molar-refractivity contribution < 1.29 is 4.74 Å². The summed E-state index contributed by atoms with van der Waals surface area (Å²) in [7, 11) is 0. The van der Waals surface area contributed by atoms with E-state index < -0.39 is 0 Å². The number of aromatic nitrogens is 2. The highest BCUT2D eigenvalue weighted by molar-refractivity contribution is 5.42. The van der Waals surface area contributed by atoms with E-state index in [4.69, 9.17) is 4.74 Å². The minimum Gasteiger partial charge on any atom is -0.381 e. The van der Waals surface area contributed by atoms with Gasteiger partial charge >= 0.3 is 0 Å². The number of imidazole rings is 1. The summed E-state index contributed by atoms with van der Waals surface area (Å²) in [6.45, 7) is 4.71. The SMILES string of the molecule is Cc1nc2ccccn2c1CNC1CCOCC1. The molecule has 2 aromatic heterocycles. The molecule has 1 aliphatic heterocycles. The lowest BCUT2D eigenvalue weighted by Crippen LogP contribution is -2.34. The van der Waals surface area contributed by atoms with Crippen LogP contribution in [0.5, 0.6) is 0 Å². The molecule has 0 aliphatic carbocycles. The van der Waals surface area contributed by atoms with Crippen LogP contribution in [0.3, 0.4) is 0 Å². The van der Waals surface area contributed by atoms with E-state index in [2.05, 4.69) is 27.8 Å². The Hall–Kier alpha value is -1.39. The van der Waals surface area contributed by atoms with Crippen LogP contribution >= 0.6 is 0 Å². The van der Waals surface area contributed by atoms with Crippen LogP contribution < -0.4 is 5.32 Å². The number of pyridine rings is 1. The quantitative estimate of drug-likeness (QED) is 0.897. The molecular weight excluding hydrogens is 226 g/mol. The monoisotopic (exact) mass is 245 g/mol. The van der Waals surface area contributed by atoms with Gasteiger partial charge in [-0.05, 0) is 31.9 Å². The summed E-state index contributed by atoms with van der Waals surface area (Å²) < 4.78 is 7.54. The highest BCUT2D eigenvalue weighted by Crippen LogP contribution is 2.13. The predicted octanol–water partition coefficient (Wildman–Crippen LogP) is 1.91. The molecule has 0 unspecified atom stereocenters. The zero-order valence-electron chi connectivity index (χ0n) is 10.7. The number of nitrogens with zero attached hydrogens (tertiary/aromatic N) is 2. The average Bonchev–Trinajstić information content (AvgIpc) is 2.73. The first-order valence-corrected chi connectivity index (χ1v) is 6.58. The summed E-state index contributed by atoms with van der Waals surface area (Å²) in [5.41, 5.74) is 3.40. The summed E-state index contributed by atoms with van der Waals surface area (Å²) in [4.78, 5) is 4.58. The van der Waals surface area contributed by atoms with Gasteiger partial charge in [0.15, 0.2) is 0 Å². The Labute approximate surface area is 107 Å².